The Kier molecular flexibility index (Phi) is 7.12. The number of rotatable bonds is 6. The number of hydrogen-bond donors (Lipinski definition) is 1. The number of aliphatic imine (C=N–C) groups is 1. The van der Waals surface area contributed by atoms with Crippen LogP contribution in [0.5, 0.6) is 0 Å². The molecule has 2 aliphatic rings. The van der Waals surface area contributed by atoms with Crippen LogP contribution in [0.3, 0.4) is 0 Å². The van der Waals surface area contributed by atoms with Crippen molar-refractivity contribution in [3.05, 3.63) is 34.7 Å². The second-order valence-corrected chi connectivity index (χ2v) is 7.98. The maximum absolute atomic E-state index is 12.4. The number of piperazine rings is 1. The number of carbonyl (C=O) groups is 1. The van der Waals surface area contributed by atoms with Gasteiger partial charge in [0.05, 0.1) is 50.1 Å². The van der Waals surface area contributed by atoms with Crippen LogP contribution in [-0.2, 0) is 4.79 Å². The molecule has 2 heterocycles. The van der Waals surface area contributed by atoms with Gasteiger partial charge in [0.15, 0.2) is 5.17 Å². The Morgan fingerprint density at radius 2 is 1.93 bits per heavy atom. The molecule has 1 N–H and O–H groups in total. The van der Waals surface area contributed by atoms with Crippen molar-refractivity contribution in [2.45, 2.75) is 20.3 Å². The topological polar surface area (TPSA) is 64.1 Å². The van der Waals surface area contributed by atoms with Gasteiger partial charge in [0.1, 0.15) is 0 Å². The van der Waals surface area contributed by atoms with E-state index in [0.29, 0.717) is 11.3 Å². The predicted molar refractivity (Wildman–Crippen MR) is 115 cm³/mol. The van der Waals surface area contributed by atoms with Crippen LogP contribution in [-0.4, -0.2) is 61.8 Å². The van der Waals surface area contributed by atoms with Gasteiger partial charge in [-0.1, -0.05) is 12.1 Å². The Hall–Kier alpha value is -2.30. The number of quaternary nitrogens is 1. The molecular formula is C21H28N5OS+. The van der Waals surface area contributed by atoms with Gasteiger partial charge >= 0.3 is 0 Å². The Balaban J connectivity index is 1.59. The molecule has 1 amide bonds. The van der Waals surface area contributed by atoms with Crippen LogP contribution in [0.25, 0.3) is 6.08 Å². The summed E-state index contributed by atoms with van der Waals surface area (Å²) in [6.07, 6.45) is 2.54. The molecule has 1 aromatic rings. The van der Waals surface area contributed by atoms with Gasteiger partial charge in [-0.2, -0.15) is 10.3 Å². The summed E-state index contributed by atoms with van der Waals surface area (Å²) in [7, 11) is 0. The van der Waals surface area contributed by atoms with E-state index in [-0.39, 0.29) is 5.91 Å². The van der Waals surface area contributed by atoms with Crippen molar-refractivity contribution in [2.75, 3.05) is 50.7 Å². The molecule has 0 spiro atoms. The van der Waals surface area contributed by atoms with Gasteiger partial charge in [-0.3, -0.25) is 4.79 Å². The van der Waals surface area contributed by atoms with Crippen molar-refractivity contribution in [1.82, 2.24) is 4.90 Å². The van der Waals surface area contributed by atoms with E-state index in [4.69, 9.17) is 5.26 Å². The molecule has 6 nitrogen and oxygen atoms in total. The average molecular weight is 399 g/mol. The van der Waals surface area contributed by atoms with E-state index < -0.39 is 0 Å². The summed E-state index contributed by atoms with van der Waals surface area (Å²) in [6, 6.07) is 10.5. The molecule has 2 aliphatic heterocycles. The number of nitrogens with zero attached hydrogens (tertiary/aromatic N) is 4. The third-order valence-electron chi connectivity index (χ3n) is 5.26. The molecule has 148 valence electrons. The average Bonchev–Trinajstić information content (AvgIpc) is 3.09. The minimum Gasteiger partial charge on any atom is -0.372 e. The Labute approximate surface area is 171 Å². The van der Waals surface area contributed by atoms with Gasteiger partial charge in [0, 0.05) is 18.8 Å². The lowest BCUT2D eigenvalue weighted by Crippen LogP contribution is -3.14. The second-order valence-electron chi connectivity index (χ2n) is 6.97. The Bertz CT molecular complexity index is 784. The summed E-state index contributed by atoms with van der Waals surface area (Å²) < 4.78 is 0. The van der Waals surface area contributed by atoms with Crippen molar-refractivity contribution in [3.63, 3.8) is 0 Å². The van der Waals surface area contributed by atoms with Crippen molar-refractivity contribution >= 4 is 34.6 Å². The molecule has 0 bridgehead atoms. The van der Waals surface area contributed by atoms with E-state index in [0.717, 1.165) is 56.5 Å². The van der Waals surface area contributed by atoms with Crippen molar-refractivity contribution in [2.24, 2.45) is 4.99 Å². The monoisotopic (exact) mass is 398 g/mol. The summed E-state index contributed by atoms with van der Waals surface area (Å²) in [5.41, 5.74) is 2.22. The highest BCUT2D eigenvalue weighted by atomic mass is 32.2. The van der Waals surface area contributed by atoms with Crippen molar-refractivity contribution in [1.29, 1.82) is 5.26 Å². The van der Waals surface area contributed by atoms with Crippen LogP contribution in [0, 0.1) is 11.3 Å². The van der Waals surface area contributed by atoms with Gasteiger partial charge < -0.3 is 14.7 Å². The highest BCUT2D eigenvalue weighted by molar-refractivity contribution is 8.18. The molecule has 1 fully saturated rings. The van der Waals surface area contributed by atoms with Crippen LogP contribution < -0.4 is 9.80 Å². The Morgan fingerprint density at radius 3 is 2.54 bits per heavy atom. The highest BCUT2D eigenvalue weighted by Crippen LogP contribution is 2.30. The zero-order valence-electron chi connectivity index (χ0n) is 16.6. The maximum Gasteiger partial charge on any atom is 0.286 e. The fourth-order valence-corrected chi connectivity index (χ4v) is 4.52. The minimum atomic E-state index is -0.146. The number of benzene rings is 1. The first-order valence-electron chi connectivity index (χ1n) is 9.97. The van der Waals surface area contributed by atoms with Gasteiger partial charge in [-0.05, 0) is 49.4 Å². The number of hydrogen-bond acceptors (Lipinski definition) is 5. The quantitative estimate of drug-likeness (QED) is 0.738. The molecule has 0 unspecified atom stereocenters. The summed E-state index contributed by atoms with van der Waals surface area (Å²) in [6.45, 7) is 10.9. The van der Waals surface area contributed by atoms with E-state index in [2.05, 4.69) is 59.0 Å². The summed E-state index contributed by atoms with van der Waals surface area (Å²) in [4.78, 5) is 23.3. The lowest BCUT2D eigenvalue weighted by molar-refractivity contribution is -0.903. The van der Waals surface area contributed by atoms with Gasteiger partial charge in [0.25, 0.3) is 5.91 Å². The molecular weight excluding hydrogens is 370 g/mol. The summed E-state index contributed by atoms with van der Waals surface area (Å²) in [5.74, 6) is -0.146. The van der Waals surface area contributed by atoms with Crippen LogP contribution in [0.1, 0.15) is 25.8 Å². The lowest BCUT2D eigenvalue weighted by atomic mass is 10.2. The number of thioether (sulfide) groups is 1. The molecule has 0 aliphatic carbocycles. The fourth-order valence-electron chi connectivity index (χ4n) is 3.55. The van der Waals surface area contributed by atoms with Crippen LogP contribution in [0.2, 0.25) is 0 Å². The number of amides is 1. The summed E-state index contributed by atoms with van der Waals surface area (Å²) in [5, 5.41) is 9.54. The minimum absolute atomic E-state index is 0.146. The van der Waals surface area contributed by atoms with E-state index >= 15 is 0 Å². The van der Waals surface area contributed by atoms with Crippen molar-refractivity contribution < 1.29 is 9.69 Å². The predicted octanol–water partition coefficient (Wildman–Crippen LogP) is 1.62. The normalized spacial score (nSPS) is 19.0. The standard InChI is InChI=1S/C21H27N5OS/c1-3-25(4-2)18-8-6-17(7-9-18)16-19-20(27)23-21(28-19)26-14-12-24(13-15-26)11-5-10-22/h6-9,16H,3-5,11-15H2,1-2H3/p+1/b19-16+. The lowest BCUT2D eigenvalue weighted by Gasteiger charge is -2.32. The molecule has 3 rings (SSSR count). The van der Waals surface area contributed by atoms with Crippen LogP contribution in [0.4, 0.5) is 5.69 Å². The smallest absolute Gasteiger partial charge is 0.286 e. The number of nitrogens with one attached hydrogen (secondary N) is 1. The van der Waals surface area contributed by atoms with Gasteiger partial charge in [-0.25, -0.2) is 0 Å². The molecule has 1 aromatic carbocycles. The largest absolute Gasteiger partial charge is 0.372 e. The Morgan fingerprint density at radius 1 is 1.25 bits per heavy atom. The summed E-state index contributed by atoms with van der Waals surface area (Å²) >= 11 is 1.47. The number of anilines is 1. The van der Waals surface area contributed by atoms with Crippen LogP contribution >= 0.6 is 11.8 Å². The third-order valence-corrected chi connectivity index (χ3v) is 6.30. The molecule has 0 atom stereocenters. The van der Waals surface area contributed by atoms with E-state index in [1.807, 2.05) is 6.08 Å². The third kappa shape index (κ3) is 4.94. The van der Waals surface area contributed by atoms with Gasteiger partial charge in [-0.15, -0.1) is 0 Å². The molecule has 7 heteroatoms. The van der Waals surface area contributed by atoms with Crippen LogP contribution in [0.15, 0.2) is 34.2 Å². The molecule has 28 heavy (non-hydrogen) atoms. The number of nitriles is 1. The molecule has 0 radical (unpaired) electrons. The SMILES string of the molecule is CCN(CC)c1ccc(/C=C2/SC(N3CC[NH+](CCC#N)CC3)=NC2=O)cc1. The first kappa shape index (κ1) is 20.4. The first-order valence-corrected chi connectivity index (χ1v) is 10.8. The zero-order valence-corrected chi connectivity index (χ0v) is 17.5. The first-order chi connectivity index (χ1) is 13.6. The van der Waals surface area contributed by atoms with E-state index in [9.17, 15) is 4.79 Å². The molecule has 1 saturated heterocycles. The van der Waals surface area contributed by atoms with E-state index in [1.54, 1.807) is 0 Å². The number of amidine groups is 1. The van der Waals surface area contributed by atoms with E-state index in [1.165, 1.54) is 22.3 Å². The second kappa shape index (κ2) is 9.76. The molecule has 0 aromatic heterocycles. The van der Waals surface area contributed by atoms with Crippen molar-refractivity contribution in [3.8, 4) is 6.07 Å². The number of carbonyl (C=O) groups excluding carboxylic acids is 1. The fraction of sp³-hybridized carbons (Fsp3) is 0.476. The van der Waals surface area contributed by atoms with Gasteiger partial charge in [0.2, 0.25) is 0 Å². The molecule has 0 saturated carbocycles. The zero-order chi connectivity index (χ0) is 19.9. The maximum atomic E-state index is 12.4. The highest BCUT2D eigenvalue weighted by Gasteiger charge is 2.29.